The summed E-state index contributed by atoms with van der Waals surface area (Å²) in [6.45, 7) is 1.79. The van der Waals surface area contributed by atoms with Crippen molar-refractivity contribution < 1.29 is 14.3 Å². The molecule has 0 atom stereocenters. The van der Waals surface area contributed by atoms with Crippen molar-refractivity contribution in [2.45, 2.75) is 13.5 Å². The average Bonchev–Trinajstić information content (AvgIpc) is 2.97. The van der Waals surface area contributed by atoms with E-state index in [1.165, 1.54) is 16.8 Å². The molecule has 0 unspecified atom stereocenters. The number of fused-ring (bicyclic) bond motifs is 1. The summed E-state index contributed by atoms with van der Waals surface area (Å²) in [5, 5.41) is 9.96. The molecular formula is C21H16FN3O3. The SMILES string of the molecule is Cc1ccc2c(n1)c(-c1ccc[nH]c1=O)c(C(=O)O)n2Cc1ccccc1F. The molecule has 0 aliphatic rings. The van der Waals surface area contributed by atoms with Gasteiger partial charge in [0.25, 0.3) is 5.56 Å². The number of halogens is 1. The van der Waals surface area contributed by atoms with Gasteiger partial charge in [-0.3, -0.25) is 9.78 Å². The summed E-state index contributed by atoms with van der Waals surface area (Å²) >= 11 is 0. The molecule has 4 rings (SSSR count). The number of carboxylic acids is 1. The number of carbonyl (C=O) groups is 1. The fourth-order valence-corrected chi connectivity index (χ4v) is 3.38. The number of benzene rings is 1. The lowest BCUT2D eigenvalue weighted by Gasteiger charge is -2.10. The molecule has 3 aromatic heterocycles. The Hall–Kier alpha value is -3.74. The number of rotatable bonds is 4. The molecule has 1 aromatic carbocycles. The molecule has 0 spiro atoms. The second-order valence-electron chi connectivity index (χ2n) is 6.44. The predicted octanol–water partition coefficient (Wildman–Crippen LogP) is 3.59. The maximum Gasteiger partial charge on any atom is 0.353 e. The van der Waals surface area contributed by atoms with E-state index >= 15 is 0 Å². The van der Waals surface area contributed by atoms with Crippen molar-refractivity contribution in [1.29, 1.82) is 0 Å². The second-order valence-corrected chi connectivity index (χ2v) is 6.44. The Morgan fingerprint density at radius 1 is 1.18 bits per heavy atom. The van der Waals surface area contributed by atoms with Crippen LogP contribution in [-0.4, -0.2) is 25.6 Å². The Morgan fingerprint density at radius 3 is 2.68 bits per heavy atom. The zero-order valence-electron chi connectivity index (χ0n) is 14.9. The smallest absolute Gasteiger partial charge is 0.353 e. The number of hydrogen-bond donors (Lipinski definition) is 2. The van der Waals surface area contributed by atoms with E-state index in [4.69, 9.17) is 0 Å². The first-order chi connectivity index (χ1) is 13.5. The van der Waals surface area contributed by atoms with Crippen LogP contribution in [0.15, 0.2) is 59.5 Å². The maximum absolute atomic E-state index is 14.2. The van der Waals surface area contributed by atoms with Crippen molar-refractivity contribution >= 4 is 17.0 Å². The number of nitrogens with zero attached hydrogens (tertiary/aromatic N) is 2. The molecule has 0 amide bonds. The Bertz CT molecular complexity index is 1270. The molecule has 0 saturated heterocycles. The quantitative estimate of drug-likeness (QED) is 0.569. The van der Waals surface area contributed by atoms with Gasteiger partial charge in [0.05, 0.1) is 23.1 Å². The lowest BCUT2D eigenvalue weighted by molar-refractivity contribution is 0.0687. The number of H-pyrrole nitrogens is 1. The van der Waals surface area contributed by atoms with Gasteiger partial charge in [-0.25, -0.2) is 9.18 Å². The van der Waals surface area contributed by atoms with Crippen molar-refractivity contribution in [3.05, 3.63) is 87.9 Å². The molecule has 0 fully saturated rings. The normalized spacial score (nSPS) is 11.1. The fraction of sp³-hybridized carbons (Fsp3) is 0.0952. The molecule has 3 heterocycles. The first-order valence-electron chi connectivity index (χ1n) is 8.62. The van der Waals surface area contributed by atoms with E-state index in [-0.39, 0.29) is 23.4 Å². The molecule has 0 aliphatic heterocycles. The fourth-order valence-electron chi connectivity index (χ4n) is 3.38. The van der Waals surface area contributed by atoms with E-state index in [2.05, 4.69) is 9.97 Å². The van der Waals surface area contributed by atoms with E-state index in [1.54, 1.807) is 49.4 Å². The van der Waals surface area contributed by atoms with Crippen LogP contribution in [0.4, 0.5) is 4.39 Å². The highest BCUT2D eigenvalue weighted by Crippen LogP contribution is 2.33. The van der Waals surface area contributed by atoms with E-state index in [1.807, 2.05) is 0 Å². The van der Waals surface area contributed by atoms with Crippen LogP contribution in [-0.2, 0) is 6.54 Å². The van der Waals surface area contributed by atoms with Gasteiger partial charge in [0.2, 0.25) is 0 Å². The van der Waals surface area contributed by atoms with Gasteiger partial charge in [-0.05, 0) is 37.3 Å². The van der Waals surface area contributed by atoms with Crippen molar-refractivity contribution in [3.8, 4) is 11.1 Å². The molecule has 0 bridgehead atoms. The molecule has 4 aromatic rings. The third-order valence-electron chi connectivity index (χ3n) is 4.62. The van der Waals surface area contributed by atoms with E-state index in [9.17, 15) is 19.1 Å². The zero-order chi connectivity index (χ0) is 19.8. The molecule has 6 nitrogen and oxygen atoms in total. The molecule has 7 heteroatoms. The predicted molar refractivity (Wildman–Crippen MR) is 103 cm³/mol. The van der Waals surface area contributed by atoms with E-state index in [0.717, 1.165) is 0 Å². The largest absolute Gasteiger partial charge is 0.477 e. The summed E-state index contributed by atoms with van der Waals surface area (Å²) < 4.78 is 15.7. The first-order valence-corrected chi connectivity index (χ1v) is 8.62. The van der Waals surface area contributed by atoms with Crippen molar-refractivity contribution in [2.75, 3.05) is 0 Å². The number of carboxylic acid groups (broad SMARTS) is 1. The minimum atomic E-state index is -1.22. The summed E-state index contributed by atoms with van der Waals surface area (Å²) in [5.74, 6) is -1.65. The van der Waals surface area contributed by atoms with Crippen LogP contribution >= 0.6 is 0 Å². The second kappa shape index (κ2) is 6.77. The lowest BCUT2D eigenvalue weighted by Crippen LogP contribution is -2.14. The number of aromatic nitrogens is 3. The van der Waals surface area contributed by atoms with E-state index < -0.39 is 17.3 Å². The van der Waals surface area contributed by atoms with Crippen LogP contribution in [0, 0.1) is 12.7 Å². The van der Waals surface area contributed by atoms with Crippen LogP contribution in [0.1, 0.15) is 21.7 Å². The zero-order valence-corrected chi connectivity index (χ0v) is 14.9. The molecule has 0 radical (unpaired) electrons. The molecule has 0 saturated carbocycles. The highest BCUT2D eigenvalue weighted by molar-refractivity contribution is 6.06. The first kappa shape index (κ1) is 17.7. The van der Waals surface area contributed by atoms with Gasteiger partial charge in [-0.2, -0.15) is 0 Å². The minimum Gasteiger partial charge on any atom is -0.477 e. The van der Waals surface area contributed by atoms with Gasteiger partial charge in [-0.15, -0.1) is 0 Å². The van der Waals surface area contributed by atoms with Crippen molar-refractivity contribution in [3.63, 3.8) is 0 Å². The van der Waals surface area contributed by atoms with Gasteiger partial charge < -0.3 is 14.7 Å². The molecule has 28 heavy (non-hydrogen) atoms. The van der Waals surface area contributed by atoms with Gasteiger partial charge in [0, 0.05) is 23.0 Å². The number of hydrogen-bond acceptors (Lipinski definition) is 3. The highest BCUT2D eigenvalue weighted by Gasteiger charge is 2.26. The summed E-state index contributed by atoms with van der Waals surface area (Å²) in [6, 6.07) is 12.9. The van der Waals surface area contributed by atoms with Crippen LogP contribution in [0.25, 0.3) is 22.2 Å². The Balaban J connectivity index is 2.09. The number of aromatic carboxylic acids is 1. The third kappa shape index (κ3) is 2.87. The van der Waals surface area contributed by atoms with Crippen LogP contribution in [0.5, 0.6) is 0 Å². The van der Waals surface area contributed by atoms with Crippen LogP contribution in [0.3, 0.4) is 0 Å². The Morgan fingerprint density at radius 2 is 1.96 bits per heavy atom. The van der Waals surface area contributed by atoms with Gasteiger partial charge in [0.15, 0.2) is 0 Å². The van der Waals surface area contributed by atoms with Crippen LogP contribution in [0.2, 0.25) is 0 Å². The third-order valence-corrected chi connectivity index (χ3v) is 4.62. The number of aryl methyl sites for hydroxylation is 1. The summed E-state index contributed by atoms with van der Waals surface area (Å²) in [5.41, 5.74) is 1.85. The summed E-state index contributed by atoms with van der Waals surface area (Å²) in [4.78, 5) is 31.7. The lowest BCUT2D eigenvalue weighted by atomic mass is 10.1. The molecule has 140 valence electrons. The van der Waals surface area contributed by atoms with Gasteiger partial charge >= 0.3 is 5.97 Å². The van der Waals surface area contributed by atoms with Crippen molar-refractivity contribution in [1.82, 2.24) is 14.5 Å². The highest BCUT2D eigenvalue weighted by atomic mass is 19.1. The molecular weight excluding hydrogens is 361 g/mol. The van der Waals surface area contributed by atoms with Gasteiger partial charge in [0.1, 0.15) is 11.5 Å². The minimum absolute atomic E-state index is 0.000284. The maximum atomic E-state index is 14.2. The van der Waals surface area contributed by atoms with Crippen molar-refractivity contribution in [2.24, 2.45) is 0 Å². The van der Waals surface area contributed by atoms with E-state index in [0.29, 0.717) is 22.3 Å². The van der Waals surface area contributed by atoms with Gasteiger partial charge in [-0.1, -0.05) is 18.2 Å². The number of nitrogens with one attached hydrogen (secondary N) is 1. The Labute approximate surface area is 158 Å². The summed E-state index contributed by atoms with van der Waals surface area (Å²) in [7, 11) is 0. The standard InChI is InChI=1S/C21H16FN3O3/c1-12-8-9-16-18(24-12)17(14-6-4-10-23-20(14)26)19(21(27)28)25(16)11-13-5-2-3-7-15(13)22/h2-10H,11H2,1H3,(H,23,26)(H,27,28). The number of aromatic amines is 1. The number of pyridine rings is 2. The topological polar surface area (TPSA) is 88.0 Å². The monoisotopic (exact) mass is 377 g/mol. The molecule has 2 N–H and O–H groups in total. The molecule has 0 aliphatic carbocycles. The average molecular weight is 377 g/mol. The Kier molecular flexibility index (Phi) is 4.27. The van der Waals surface area contributed by atoms with Crippen LogP contribution < -0.4 is 5.56 Å². The summed E-state index contributed by atoms with van der Waals surface area (Å²) in [6.07, 6.45) is 1.48.